The van der Waals surface area contributed by atoms with Gasteiger partial charge in [0.05, 0.1) is 12.0 Å². The van der Waals surface area contributed by atoms with Crippen LogP contribution in [0.3, 0.4) is 0 Å². The van der Waals surface area contributed by atoms with Gasteiger partial charge in [-0.1, -0.05) is 38.5 Å². The Balaban J connectivity index is 2.27. The minimum absolute atomic E-state index is 0.168. The van der Waals surface area contributed by atoms with E-state index in [9.17, 15) is 4.79 Å². The average Bonchev–Trinajstić information content (AvgIpc) is 2.25. The molecule has 0 N–H and O–H groups in total. The molecule has 0 saturated carbocycles. The van der Waals surface area contributed by atoms with E-state index in [1.807, 2.05) is 24.0 Å². The number of aryl methyl sites for hydroxylation is 1. The van der Waals surface area contributed by atoms with Crippen LogP contribution in [0.5, 0.6) is 0 Å². The summed E-state index contributed by atoms with van der Waals surface area (Å²) >= 11 is 0. The van der Waals surface area contributed by atoms with E-state index in [-0.39, 0.29) is 11.8 Å². The molecule has 2 rings (SSSR count). The number of anilines is 1. The van der Waals surface area contributed by atoms with E-state index in [2.05, 4.69) is 32.9 Å². The second-order valence-electron chi connectivity index (χ2n) is 5.07. The maximum atomic E-state index is 11.9. The number of hydrogen-bond donors (Lipinski definition) is 0. The van der Waals surface area contributed by atoms with Gasteiger partial charge < -0.3 is 4.90 Å². The van der Waals surface area contributed by atoms with Gasteiger partial charge in [-0.05, 0) is 25.0 Å². The largest absolute Gasteiger partial charge is 0.308 e. The standard InChI is InChI=1S/C14H19NO/c1-9(2)13-11(4)14(16)15(13)12-7-5-10(3)6-8-12/h5-9,11,13H,1-4H3/t11-,13-/m1/s1. The van der Waals surface area contributed by atoms with Crippen molar-refractivity contribution in [1.29, 1.82) is 0 Å². The zero-order valence-electron chi connectivity index (χ0n) is 10.4. The summed E-state index contributed by atoms with van der Waals surface area (Å²) in [7, 11) is 0. The molecule has 16 heavy (non-hydrogen) atoms. The molecule has 0 radical (unpaired) electrons. The minimum Gasteiger partial charge on any atom is -0.308 e. The Bertz CT molecular complexity index is 394. The summed E-state index contributed by atoms with van der Waals surface area (Å²) in [5.41, 5.74) is 2.26. The average molecular weight is 217 g/mol. The van der Waals surface area contributed by atoms with Gasteiger partial charge in [0.1, 0.15) is 0 Å². The fourth-order valence-corrected chi connectivity index (χ4v) is 2.53. The van der Waals surface area contributed by atoms with Crippen LogP contribution in [0.25, 0.3) is 0 Å². The van der Waals surface area contributed by atoms with Crippen LogP contribution in [0.1, 0.15) is 26.3 Å². The lowest BCUT2D eigenvalue weighted by Crippen LogP contribution is -2.62. The molecule has 1 amide bonds. The lowest BCUT2D eigenvalue weighted by atomic mass is 9.81. The molecule has 2 nitrogen and oxygen atoms in total. The second-order valence-corrected chi connectivity index (χ2v) is 5.07. The van der Waals surface area contributed by atoms with E-state index in [0.717, 1.165) is 5.69 Å². The topological polar surface area (TPSA) is 20.3 Å². The van der Waals surface area contributed by atoms with E-state index in [4.69, 9.17) is 0 Å². The van der Waals surface area contributed by atoms with Crippen molar-refractivity contribution in [2.45, 2.75) is 33.7 Å². The van der Waals surface area contributed by atoms with Crippen LogP contribution in [0.2, 0.25) is 0 Å². The third kappa shape index (κ3) is 1.62. The summed E-state index contributed by atoms with van der Waals surface area (Å²) < 4.78 is 0. The van der Waals surface area contributed by atoms with Gasteiger partial charge in [0.2, 0.25) is 5.91 Å². The molecule has 86 valence electrons. The van der Waals surface area contributed by atoms with Crippen LogP contribution in [0, 0.1) is 18.8 Å². The van der Waals surface area contributed by atoms with Crippen molar-refractivity contribution in [2.75, 3.05) is 4.90 Å². The summed E-state index contributed by atoms with van der Waals surface area (Å²) in [6, 6.07) is 8.55. The Hall–Kier alpha value is -1.31. The third-order valence-corrected chi connectivity index (χ3v) is 3.43. The van der Waals surface area contributed by atoms with E-state index in [1.165, 1.54) is 5.56 Å². The van der Waals surface area contributed by atoms with Crippen LogP contribution in [0.4, 0.5) is 5.69 Å². The lowest BCUT2D eigenvalue weighted by molar-refractivity contribution is -0.130. The molecule has 1 aliphatic rings. The van der Waals surface area contributed by atoms with E-state index >= 15 is 0 Å². The zero-order valence-corrected chi connectivity index (χ0v) is 10.4. The van der Waals surface area contributed by atoms with Crippen LogP contribution in [-0.2, 0) is 4.79 Å². The van der Waals surface area contributed by atoms with Gasteiger partial charge in [0, 0.05) is 5.69 Å². The van der Waals surface area contributed by atoms with Gasteiger partial charge in [-0.25, -0.2) is 0 Å². The van der Waals surface area contributed by atoms with Crippen LogP contribution in [0.15, 0.2) is 24.3 Å². The quantitative estimate of drug-likeness (QED) is 0.697. The third-order valence-electron chi connectivity index (χ3n) is 3.43. The summed E-state index contributed by atoms with van der Waals surface area (Å²) in [6.45, 7) is 8.44. The number of nitrogens with zero attached hydrogens (tertiary/aromatic N) is 1. The van der Waals surface area contributed by atoms with Crippen molar-refractivity contribution in [3.63, 3.8) is 0 Å². The molecular weight excluding hydrogens is 198 g/mol. The van der Waals surface area contributed by atoms with Gasteiger partial charge >= 0.3 is 0 Å². The van der Waals surface area contributed by atoms with Crippen LogP contribution in [-0.4, -0.2) is 11.9 Å². The monoisotopic (exact) mass is 217 g/mol. The van der Waals surface area contributed by atoms with Gasteiger partial charge in [-0.2, -0.15) is 0 Å². The SMILES string of the molecule is Cc1ccc(N2C(=O)[C@H](C)[C@H]2C(C)C)cc1. The predicted octanol–water partition coefficient (Wildman–Crippen LogP) is 3.00. The summed E-state index contributed by atoms with van der Waals surface area (Å²) in [6.07, 6.45) is 0. The Morgan fingerprint density at radius 1 is 1.19 bits per heavy atom. The highest BCUT2D eigenvalue weighted by Gasteiger charge is 2.46. The smallest absolute Gasteiger partial charge is 0.232 e. The summed E-state index contributed by atoms with van der Waals surface area (Å²) in [5.74, 6) is 0.929. The van der Waals surface area contributed by atoms with Gasteiger partial charge in [-0.15, -0.1) is 0 Å². The molecule has 0 bridgehead atoms. The Morgan fingerprint density at radius 2 is 1.75 bits per heavy atom. The molecule has 2 heteroatoms. The second kappa shape index (κ2) is 3.93. The fraction of sp³-hybridized carbons (Fsp3) is 0.500. The highest BCUT2D eigenvalue weighted by atomic mass is 16.2. The number of carbonyl (C=O) groups excluding carboxylic acids is 1. The molecule has 0 aromatic heterocycles. The highest BCUT2D eigenvalue weighted by Crippen LogP contribution is 2.36. The molecule has 1 aliphatic heterocycles. The first kappa shape index (κ1) is 11.2. The van der Waals surface area contributed by atoms with Crippen molar-refractivity contribution in [1.82, 2.24) is 0 Å². The van der Waals surface area contributed by atoms with Crippen molar-refractivity contribution >= 4 is 11.6 Å². The van der Waals surface area contributed by atoms with Gasteiger partial charge in [0.15, 0.2) is 0 Å². The number of hydrogen-bond acceptors (Lipinski definition) is 1. The fourth-order valence-electron chi connectivity index (χ4n) is 2.53. The molecule has 1 aromatic rings. The first-order chi connectivity index (χ1) is 7.52. The molecular formula is C14H19NO. The molecule has 0 aliphatic carbocycles. The number of rotatable bonds is 2. The van der Waals surface area contributed by atoms with E-state index in [0.29, 0.717) is 12.0 Å². The lowest BCUT2D eigenvalue weighted by Gasteiger charge is -2.48. The van der Waals surface area contributed by atoms with Gasteiger partial charge in [-0.3, -0.25) is 4.79 Å². The van der Waals surface area contributed by atoms with Crippen LogP contribution < -0.4 is 4.90 Å². The summed E-state index contributed by atoms with van der Waals surface area (Å²) in [5, 5.41) is 0. The molecule has 2 atom stereocenters. The summed E-state index contributed by atoms with van der Waals surface area (Å²) in [4.78, 5) is 13.8. The Labute approximate surface area is 97.3 Å². The first-order valence-electron chi connectivity index (χ1n) is 5.92. The Morgan fingerprint density at radius 3 is 2.25 bits per heavy atom. The van der Waals surface area contributed by atoms with Crippen molar-refractivity contribution < 1.29 is 4.79 Å². The molecule has 1 aromatic carbocycles. The molecule has 0 spiro atoms. The number of carbonyl (C=O) groups is 1. The number of benzene rings is 1. The molecule has 1 fully saturated rings. The van der Waals surface area contributed by atoms with Crippen molar-refractivity contribution in [2.24, 2.45) is 11.8 Å². The zero-order chi connectivity index (χ0) is 11.9. The molecule has 0 unspecified atom stereocenters. The molecule has 1 heterocycles. The first-order valence-corrected chi connectivity index (χ1v) is 5.92. The van der Waals surface area contributed by atoms with E-state index < -0.39 is 0 Å². The maximum Gasteiger partial charge on any atom is 0.232 e. The maximum absolute atomic E-state index is 11.9. The van der Waals surface area contributed by atoms with Gasteiger partial charge in [0.25, 0.3) is 0 Å². The predicted molar refractivity (Wildman–Crippen MR) is 66.5 cm³/mol. The normalized spacial score (nSPS) is 24.8. The van der Waals surface area contributed by atoms with Crippen LogP contribution >= 0.6 is 0 Å². The highest BCUT2D eigenvalue weighted by molar-refractivity contribution is 6.02. The number of β-lactam (4-membered cyclic amide) rings is 1. The minimum atomic E-state index is 0.168. The molecule has 1 saturated heterocycles. The Kier molecular flexibility index (Phi) is 2.75. The van der Waals surface area contributed by atoms with E-state index in [1.54, 1.807) is 0 Å². The number of amides is 1. The van der Waals surface area contributed by atoms with Crippen molar-refractivity contribution in [3.05, 3.63) is 29.8 Å². The van der Waals surface area contributed by atoms with Crippen molar-refractivity contribution in [3.8, 4) is 0 Å².